The first-order chi connectivity index (χ1) is 31.6. The molecule has 0 aromatic heterocycles. The first-order valence-electron chi connectivity index (χ1n) is 23.6. The van der Waals surface area contributed by atoms with Crippen LogP contribution in [0.4, 0.5) is 4.39 Å². The van der Waals surface area contributed by atoms with E-state index in [-0.39, 0.29) is 72.8 Å². The highest BCUT2D eigenvalue weighted by atomic mass is 19.1. The average Bonchev–Trinajstić information content (AvgIpc) is 3.90. The number of amides is 7. The van der Waals surface area contributed by atoms with Gasteiger partial charge in [-0.2, -0.15) is 0 Å². The van der Waals surface area contributed by atoms with Crippen molar-refractivity contribution >= 4 is 47.3 Å². The lowest BCUT2D eigenvalue weighted by Crippen LogP contribution is -2.60. The number of carboxylic acid groups (broad SMARTS) is 1. The van der Waals surface area contributed by atoms with Gasteiger partial charge in [0.1, 0.15) is 23.9 Å². The van der Waals surface area contributed by atoms with Gasteiger partial charge in [0.2, 0.25) is 29.5 Å². The van der Waals surface area contributed by atoms with Gasteiger partial charge in [-0.05, 0) is 55.1 Å². The van der Waals surface area contributed by atoms with Crippen LogP contribution in [0.3, 0.4) is 0 Å². The van der Waals surface area contributed by atoms with Crippen molar-refractivity contribution in [3.63, 3.8) is 0 Å². The molecule has 2 aliphatic heterocycles. The monoisotopic (exact) mass is 943 g/mol. The topological polar surface area (TPSA) is 212 Å². The number of ether oxygens (including phenoxy) is 2. The summed E-state index contributed by atoms with van der Waals surface area (Å²) in [4.78, 5) is 111. The second-order valence-corrected chi connectivity index (χ2v) is 18.7. The van der Waals surface area contributed by atoms with Crippen LogP contribution in [0.15, 0.2) is 36.4 Å². The third-order valence-corrected chi connectivity index (χ3v) is 13.4. The average molecular weight is 943 g/mol. The molecule has 0 bridgehead atoms. The van der Waals surface area contributed by atoms with Crippen LogP contribution in [0.5, 0.6) is 0 Å². The highest BCUT2D eigenvalue weighted by Crippen LogP contribution is 2.30. The number of nitrogens with one attached hydrogen (secondary N) is 2. The number of rotatable bonds is 27. The summed E-state index contributed by atoms with van der Waals surface area (Å²) in [6.07, 6.45) is 4.04. The van der Waals surface area contributed by atoms with Crippen LogP contribution in [0.1, 0.15) is 105 Å². The fourth-order valence-corrected chi connectivity index (χ4v) is 9.30. The van der Waals surface area contributed by atoms with E-state index in [0.29, 0.717) is 45.1 Å². The maximum absolute atomic E-state index is 14.6. The standard InChI is InChI=1S/C49H75FN6O11/c1-12-31(6)44(54(9)48(63)42(29(2)3)52-47(62)43(30(4)5)53(8)38(57)22-14-13-17-25-56-39(58)23-24-40(56)59)37(66-10)28-41(60)55-26-18-21-36(55)45(67-11)32(7)46(61)51-35(49(64)65)27-33-19-15-16-20-34(33)50/h15-16,19-20,23-24,29-32,35-37,42-45H,12-14,17-18,21-22,25-28H2,1-11H3,(H,51,61)(H,52,62)(H,64,65)/t31-,32+,35?,36?,37+,42?,43?,44+,45+/m0/s1. The number of methoxy groups -OCH3 is 2. The van der Waals surface area contributed by atoms with Gasteiger partial charge in [0.25, 0.3) is 11.8 Å². The molecule has 0 spiro atoms. The van der Waals surface area contributed by atoms with E-state index in [4.69, 9.17) is 9.47 Å². The van der Waals surface area contributed by atoms with Gasteiger partial charge < -0.3 is 39.9 Å². The van der Waals surface area contributed by atoms with Crippen LogP contribution in [-0.4, -0.2) is 156 Å². The van der Waals surface area contributed by atoms with Crippen molar-refractivity contribution in [2.24, 2.45) is 23.7 Å². The van der Waals surface area contributed by atoms with Gasteiger partial charge in [0.05, 0.1) is 36.6 Å². The van der Waals surface area contributed by atoms with Gasteiger partial charge in [-0.25, -0.2) is 9.18 Å². The summed E-state index contributed by atoms with van der Waals surface area (Å²) in [5.74, 6) is -6.36. The largest absolute Gasteiger partial charge is 0.480 e. The van der Waals surface area contributed by atoms with Crippen LogP contribution in [0.2, 0.25) is 0 Å². The summed E-state index contributed by atoms with van der Waals surface area (Å²) in [7, 11) is 6.11. The Morgan fingerprint density at radius 1 is 0.866 bits per heavy atom. The van der Waals surface area contributed by atoms with Crippen molar-refractivity contribution in [2.75, 3.05) is 41.4 Å². The molecule has 374 valence electrons. The zero-order valence-electron chi connectivity index (χ0n) is 41.3. The number of hydrogen-bond donors (Lipinski definition) is 3. The number of likely N-dealkylation sites (N-methyl/N-ethyl adjacent to an activating group) is 2. The molecule has 0 aliphatic carbocycles. The smallest absolute Gasteiger partial charge is 0.326 e. The quantitative estimate of drug-likeness (QED) is 0.0849. The fourth-order valence-electron chi connectivity index (χ4n) is 9.30. The van der Waals surface area contributed by atoms with Gasteiger partial charge in [-0.3, -0.25) is 38.5 Å². The second kappa shape index (κ2) is 26.3. The predicted octanol–water partition coefficient (Wildman–Crippen LogP) is 3.97. The summed E-state index contributed by atoms with van der Waals surface area (Å²) in [5.41, 5.74) is 0.142. The molecule has 67 heavy (non-hydrogen) atoms. The third kappa shape index (κ3) is 14.9. The molecule has 17 nitrogen and oxygen atoms in total. The highest BCUT2D eigenvalue weighted by molar-refractivity contribution is 6.12. The van der Waals surface area contributed by atoms with Crippen molar-refractivity contribution in [2.45, 2.75) is 149 Å². The lowest BCUT2D eigenvalue weighted by molar-refractivity contribution is -0.149. The molecule has 3 N–H and O–H groups in total. The van der Waals surface area contributed by atoms with Gasteiger partial charge in [-0.1, -0.05) is 79.5 Å². The van der Waals surface area contributed by atoms with Crippen LogP contribution in [0, 0.1) is 29.5 Å². The van der Waals surface area contributed by atoms with E-state index in [1.54, 1.807) is 36.9 Å². The van der Waals surface area contributed by atoms with E-state index in [1.807, 2.05) is 41.5 Å². The number of carbonyl (C=O) groups excluding carboxylic acids is 7. The zero-order valence-corrected chi connectivity index (χ0v) is 41.3. The Bertz CT molecular complexity index is 1910. The summed E-state index contributed by atoms with van der Waals surface area (Å²) in [6.45, 7) is 13.4. The molecule has 0 radical (unpaired) electrons. The lowest BCUT2D eigenvalue weighted by atomic mass is 9.89. The number of halogens is 1. The number of benzene rings is 1. The second-order valence-electron chi connectivity index (χ2n) is 18.7. The van der Waals surface area contributed by atoms with Crippen molar-refractivity contribution < 1.29 is 57.3 Å². The van der Waals surface area contributed by atoms with Gasteiger partial charge in [-0.15, -0.1) is 0 Å². The minimum absolute atomic E-state index is 0.118. The molecule has 1 saturated heterocycles. The minimum atomic E-state index is -1.41. The minimum Gasteiger partial charge on any atom is -0.480 e. The molecule has 9 atom stereocenters. The Labute approximate surface area is 395 Å². The molecule has 4 unspecified atom stereocenters. The van der Waals surface area contributed by atoms with Gasteiger partial charge >= 0.3 is 5.97 Å². The van der Waals surface area contributed by atoms with E-state index in [0.717, 1.165) is 4.90 Å². The molecule has 2 aliphatic rings. The normalized spacial score (nSPS) is 18.6. The number of nitrogens with zero attached hydrogens (tertiary/aromatic N) is 4. The molecular formula is C49H75FN6O11. The number of hydrogen-bond acceptors (Lipinski definition) is 10. The molecule has 2 heterocycles. The maximum Gasteiger partial charge on any atom is 0.326 e. The summed E-state index contributed by atoms with van der Waals surface area (Å²) in [6, 6.07) is 1.32. The van der Waals surface area contributed by atoms with E-state index >= 15 is 0 Å². The number of unbranched alkanes of at least 4 members (excludes halogenated alkanes) is 2. The van der Waals surface area contributed by atoms with E-state index in [1.165, 1.54) is 49.5 Å². The first-order valence-corrected chi connectivity index (χ1v) is 23.6. The molecule has 0 saturated carbocycles. The van der Waals surface area contributed by atoms with Crippen LogP contribution in [0.25, 0.3) is 0 Å². The summed E-state index contributed by atoms with van der Waals surface area (Å²) in [5, 5.41) is 15.4. The molecule has 1 aromatic rings. The Morgan fingerprint density at radius 3 is 2.06 bits per heavy atom. The van der Waals surface area contributed by atoms with Crippen molar-refractivity contribution in [3.05, 3.63) is 47.8 Å². The molecular weight excluding hydrogens is 868 g/mol. The first kappa shape index (κ1) is 56.1. The number of carbonyl (C=O) groups is 8. The summed E-state index contributed by atoms with van der Waals surface area (Å²) < 4.78 is 26.3. The van der Waals surface area contributed by atoms with Gasteiger partial charge in [0.15, 0.2) is 0 Å². The molecule has 3 rings (SSSR count). The zero-order chi connectivity index (χ0) is 50.3. The Morgan fingerprint density at radius 2 is 1.51 bits per heavy atom. The SMILES string of the molecule is CC[C@H](C)[C@H]([C@@H](CC(=O)N1CCCC1[C@H](OC)[C@@H](C)C(=O)NC(Cc1ccccc1F)C(=O)O)OC)N(C)C(=O)C(NC(=O)C(C(C)C)N(C)C(=O)CCCCCN1C(=O)C=CC1=O)C(C)C. The molecule has 18 heteroatoms. The number of aliphatic carboxylic acids is 1. The van der Waals surface area contributed by atoms with Crippen LogP contribution < -0.4 is 10.6 Å². The maximum atomic E-state index is 14.6. The lowest BCUT2D eigenvalue weighted by Gasteiger charge is -2.41. The van der Waals surface area contributed by atoms with Crippen molar-refractivity contribution in [1.29, 1.82) is 0 Å². The Balaban J connectivity index is 1.72. The number of carboxylic acids is 1. The Hall–Kier alpha value is -5.23. The fraction of sp³-hybridized carbons (Fsp3) is 0.673. The molecule has 7 amide bonds. The van der Waals surface area contributed by atoms with Crippen molar-refractivity contribution in [1.82, 2.24) is 30.2 Å². The van der Waals surface area contributed by atoms with E-state index < -0.39 is 77.8 Å². The van der Waals surface area contributed by atoms with E-state index in [2.05, 4.69) is 10.6 Å². The summed E-state index contributed by atoms with van der Waals surface area (Å²) >= 11 is 0. The van der Waals surface area contributed by atoms with Crippen LogP contribution in [-0.2, 0) is 54.3 Å². The molecule has 1 aromatic carbocycles. The number of likely N-dealkylation sites (tertiary alicyclic amines) is 1. The van der Waals surface area contributed by atoms with Crippen molar-refractivity contribution in [3.8, 4) is 0 Å². The Kier molecular flexibility index (Phi) is 22.1. The number of imide groups is 1. The molecule has 1 fully saturated rings. The third-order valence-electron chi connectivity index (χ3n) is 13.4. The predicted molar refractivity (Wildman–Crippen MR) is 248 cm³/mol. The van der Waals surface area contributed by atoms with Gasteiger partial charge in [0, 0.05) is 66.4 Å². The highest BCUT2D eigenvalue weighted by Gasteiger charge is 2.44. The van der Waals surface area contributed by atoms with Crippen LogP contribution >= 0.6 is 0 Å². The van der Waals surface area contributed by atoms with E-state index in [9.17, 15) is 47.9 Å².